The first-order chi connectivity index (χ1) is 13.5. The van der Waals surface area contributed by atoms with Crippen LogP contribution in [0.2, 0.25) is 0 Å². The van der Waals surface area contributed by atoms with Gasteiger partial charge < -0.3 is 14.9 Å². The van der Waals surface area contributed by atoms with Crippen LogP contribution in [0.25, 0.3) is 10.8 Å². The maximum absolute atomic E-state index is 13.3. The highest BCUT2D eigenvalue weighted by Crippen LogP contribution is 2.21. The molecule has 1 atom stereocenters. The first-order valence-corrected chi connectivity index (χ1v) is 8.68. The molecule has 0 fully saturated rings. The number of carbonyl (C=O) groups is 1. The number of imidazole rings is 1. The SMILES string of the molecule is Cn1ccnc1C(NC(=O)c1cc2ccccc2c(=O)[nH]1)c1ccc(F)cc1. The van der Waals surface area contributed by atoms with Gasteiger partial charge in [-0.25, -0.2) is 9.37 Å². The van der Waals surface area contributed by atoms with Gasteiger partial charge in [0.15, 0.2) is 0 Å². The Labute approximate surface area is 159 Å². The lowest BCUT2D eigenvalue weighted by molar-refractivity contribution is 0.0936. The number of H-pyrrole nitrogens is 1. The van der Waals surface area contributed by atoms with Gasteiger partial charge in [0.25, 0.3) is 11.5 Å². The highest BCUT2D eigenvalue weighted by atomic mass is 19.1. The Hall–Kier alpha value is -3.74. The van der Waals surface area contributed by atoms with Gasteiger partial charge in [0, 0.05) is 24.8 Å². The largest absolute Gasteiger partial charge is 0.337 e. The van der Waals surface area contributed by atoms with Crippen molar-refractivity contribution >= 4 is 16.7 Å². The number of aromatic nitrogens is 3. The zero-order valence-corrected chi connectivity index (χ0v) is 15.0. The van der Waals surface area contributed by atoms with E-state index < -0.39 is 11.9 Å². The molecule has 140 valence electrons. The lowest BCUT2D eigenvalue weighted by Gasteiger charge is -2.19. The fourth-order valence-corrected chi connectivity index (χ4v) is 3.15. The van der Waals surface area contributed by atoms with E-state index in [0.29, 0.717) is 22.2 Å². The topological polar surface area (TPSA) is 79.8 Å². The van der Waals surface area contributed by atoms with E-state index in [9.17, 15) is 14.0 Å². The van der Waals surface area contributed by atoms with Crippen LogP contribution in [0, 0.1) is 5.82 Å². The van der Waals surface area contributed by atoms with Crippen LogP contribution in [0.15, 0.2) is 71.8 Å². The minimum atomic E-state index is -0.608. The Morgan fingerprint density at radius 3 is 2.64 bits per heavy atom. The van der Waals surface area contributed by atoms with E-state index in [2.05, 4.69) is 15.3 Å². The van der Waals surface area contributed by atoms with Crippen molar-refractivity contribution in [1.82, 2.24) is 19.9 Å². The number of nitrogens with zero attached hydrogens (tertiary/aromatic N) is 2. The van der Waals surface area contributed by atoms with Gasteiger partial charge in [-0.05, 0) is 35.2 Å². The average molecular weight is 376 g/mol. The molecule has 0 saturated carbocycles. The number of hydrogen-bond acceptors (Lipinski definition) is 3. The van der Waals surface area contributed by atoms with E-state index in [1.54, 1.807) is 59.4 Å². The molecule has 7 heteroatoms. The second kappa shape index (κ2) is 7.11. The second-order valence-corrected chi connectivity index (χ2v) is 6.45. The van der Waals surface area contributed by atoms with Gasteiger partial charge in [-0.1, -0.05) is 30.3 Å². The summed E-state index contributed by atoms with van der Waals surface area (Å²) in [5, 5.41) is 4.07. The molecule has 0 spiro atoms. The van der Waals surface area contributed by atoms with Crippen LogP contribution in [0.3, 0.4) is 0 Å². The van der Waals surface area contributed by atoms with Crippen molar-refractivity contribution in [3.63, 3.8) is 0 Å². The van der Waals surface area contributed by atoms with E-state index in [-0.39, 0.29) is 17.1 Å². The summed E-state index contributed by atoms with van der Waals surface area (Å²) in [6.07, 6.45) is 3.38. The van der Waals surface area contributed by atoms with Crippen LogP contribution in [-0.2, 0) is 7.05 Å². The maximum atomic E-state index is 13.3. The first-order valence-electron chi connectivity index (χ1n) is 8.68. The van der Waals surface area contributed by atoms with Gasteiger partial charge in [0.2, 0.25) is 0 Å². The number of aryl methyl sites for hydroxylation is 1. The van der Waals surface area contributed by atoms with Crippen molar-refractivity contribution in [2.24, 2.45) is 7.05 Å². The molecule has 0 radical (unpaired) electrons. The molecule has 2 aromatic heterocycles. The average Bonchev–Trinajstić information content (AvgIpc) is 3.12. The molecule has 2 heterocycles. The summed E-state index contributed by atoms with van der Waals surface area (Å²) in [5.74, 6) is -0.240. The number of fused-ring (bicyclic) bond motifs is 1. The van der Waals surface area contributed by atoms with Gasteiger partial charge in [0.05, 0.1) is 0 Å². The van der Waals surface area contributed by atoms with Crippen molar-refractivity contribution in [3.05, 3.63) is 100 Å². The standard InChI is InChI=1S/C21H17FN4O2/c1-26-11-10-23-19(26)18(13-6-8-15(22)9-7-13)25-21(28)17-12-14-4-2-3-5-16(14)20(27)24-17/h2-12,18H,1H3,(H,24,27)(H,25,28). The Bertz CT molecular complexity index is 1210. The van der Waals surface area contributed by atoms with E-state index in [1.807, 2.05) is 7.05 Å². The lowest BCUT2D eigenvalue weighted by Crippen LogP contribution is -2.32. The van der Waals surface area contributed by atoms with Gasteiger partial charge in [0.1, 0.15) is 23.4 Å². The number of nitrogens with one attached hydrogen (secondary N) is 2. The number of carbonyl (C=O) groups excluding carboxylic acids is 1. The number of hydrogen-bond donors (Lipinski definition) is 2. The second-order valence-electron chi connectivity index (χ2n) is 6.45. The van der Waals surface area contributed by atoms with Crippen LogP contribution < -0.4 is 10.9 Å². The summed E-state index contributed by atoms with van der Waals surface area (Å²) >= 11 is 0. The molecule has 6 nitrogen and oxygen atoms in total. The van der Waals surface area contributed by atoms with Crippen molar-refractivity contribution in [3.8, 4) is 0 Å². The van der Waals surface area contributed by atoms with Crippen LogP contribution in [0.4, 0.5) is 4.39 Å². The number of rotatable bonds is 4. The molecule has 28 heavy (non-hydrogen) atoms. The van der Waals surface area contributed by atoms with Gasteiger partial charge in [-0.2, -0.15) is 0 Å². The molecular weight excluding hydrogens is 359 g/mol. The third-order valence-corrected chi connectivity index (χ3v) is 4.59. The number of amides is 1. The minimum Gasteiger partial charge on any atom is -0.337 e. The first kappa shape index (κ1) is 17.7. The zero-order valence-electron chi connectivity index (χ0n) is 15.0. The Kier molecular flexibility index (Phi) is 4.49. The Balaban J connectivity index is 1.73. The van der Waals surface area contributed by atoms with Crippen LogP contribution in [0.1, 0.15) is 27.9 Å². The smallest absolute Gasteiger partial charge is 0.268 e. The van der Waals surface area contributed by atoms with Crippen molar-refractivity contribution in [1.29, 1.82) is 0 Å². The molecule has 0 bridgehead atoms. The molecule has 4 rings (SSSR count). The number of halogens is 1. The third-order valence-electron chi connectivity index (χ3n) is 4.59. The number of benzene rings is 2. The minimum absolute atomic E-state index is 0.144. The van der Waals surface area contributed by atoms with Crippen LogP contribution in [0.5, 0.6) is 0 Å². The molecule has 0 aliphatic heterocycles. The third kappa shape index (κ3) is 3.29. The monoisotopic (exact) mass is 376 g/mol. The molecule has 2 aromatic carbocycles. The van der Waals surface area contributed by atoms with E-state index in [1.165, 1.54) is 12.1 Å². The number of pyridine rings is 1. The maximum Gasteiger partial charge on any atom is 0.268 e. The predicted molar refractivity (Wildman–Crippen MR) is 103 cm³/mol. The van der Waals surface area contributed by atoms with Crippen LogP contribution in [-0.4, -0.2) is 20.4 Å². The van der Waals surface area contributed by atoms with Gasteiger partial charge in [-0.15, -0.1) is 0 Å². The molecule has 4 aromatic rings. The summed E-state index contributed by atoms with van der Waals surface area (Å²) in [7, 11) is 1.81. The molecule has 1 amide bonds. The van der Waals surface area contributed by atoms with E-state index >= 15 is 0 Å². The lowest BCUT2D eigenvalue weighted by atomic mass is 10.1. The predicted octanol–water partition coefficient (Wildman–Crippen LogP) is 2.92. The quantitative estimate of drug-likeness (QED) is 0.575. The van der Waals surface area contributed by atoms with Gasteiger partial charge in [-0.3, -0.25) is 9.59 Å². The molecule has 0 saturated heterocycles. The van der Waals surface area contributed by atoms with Gasteiger partial charge >= 0.3 is 0 Å². The fraction of sp³-hybridized carbons (Fsp3) is 0.0952. The van der Waals surface area contributed by atoms with Crippen molar-refractivity contribution in [2.45, 2.75) is 6.04 Å². The summed E-state index contributed by atoms with van der Waals surface area (Å²) in [6, 6.07) is 13.9. The molecule has 1 unspecified atom stereocenters. The molecule has 2 N–H and O–H groups in total. The van der Waals surface area contributed by atoms with E-state index in [4.69, 9.17) is 0 Å². The molecule has 0 aliphatic carbocycles. The van der Waals surface area contributed by atoms with E-state index in [0.717, 1.165) is 0 Å². The Morgan fingerprint density at radius 2 is 1.93 bits per heavy atom. The molecular formula is C21H17FN4O2. The highest BCUT2D eigenvalue weighted by Gasteiger charge is 2.22. The highest BCUT2D eigenvalue weighted by molar-refractivity contribution is 5.96. The van der Waals surface area contributed by atoms with Crippen molar-refractivity contribution < 1.29 is 9.18 Å². The summed E-state index contributed by atoms with van der Waals surface area (Å²) in [5.41, 5.74) is 0.482. The summed E-state index contributed by atoms with van der Waals surface area (Å²) in [6.45, 7) is 0. The fourth-order valence-electron chi connectivity index (χ4n) is 3.15. The summed E-state index contributed by atoms with van der Waals surface area (Å²) < 4.78 is 15.1. The Morgan fingerprint density at radius 1 is 1.18 bits per heavy atom. The normalized spacial score (nSPS) is 12.1. The van der Waals surface area contributed by atoms with Crippen molar-refractivity contribution in [2.75, 3.05) is 0 Å². The summed E-state index contributed by atoms with van der Waals surface area (Å²) in [4.78, 5) is 32.1. The number of aromatic amines is 1. The molecule has 0 aliphatic rings. The zero-order chi connectivity index (χ0) is 19.7. The van der Waals surface area contributed by atoms with Crippen LogP contribution >= 0.6 is 0 Å².